The van der Waals surface area contributed by atoms with E-state index in [1.54, 1.807) is 43.3 Å². The molecular weight excluding hydrogens is 420 g/mol. The number of aryl methyl sites for hydroxylation is 3. The number of carbonyl (C=O) groups excluding carboxylic acids is 1. The van der Waals surface area contributed by atoms with Gasteiger partial charge in [-0.3, -0.25) is 9.10 Å². The minimum absolute atomic E-state index is 0.101. The van der Waals surface area contributed by atoms with Crippen molar-refractivity contribution in [2.75, 3.05) is 16.2 Å². The summed E-state index contributed by atoms with van der Waals surface area (Å²) in [5, 5.41) is 3.25. The summed E-state index contributed by atoms with van der Waals surface area (Å²) >= 11 is 6.14. The second-order valence-corrected chi connectivity index (χ2v) is 9.37. The van der Waals surface area contributed by atoms with Gasteiger partial charge in [-0.1, -0.05) is 54.1 Å². The highest BCUT2D eigenvalue weighted by Crippen LogP contribution is 2.29. The topological polar surface area (TPSA) is 66.5 Å². The van der Waals surface area contributed by atoms with Gasteiger partial charge in [0.2, 0.25) is 5.91 Å². The van der Waals surface area contributed by atoms with Crippen molar-refractivity contribution in [2.45, 2.75) is 25.7 Å². The number of anilines is 2. The minimum Gasteiger partial charge on any atom is -0.324 e. The lowest BCUT2D eigenvalue weighted by atomic mass is 10.1. The van der Waals surface area contributed by atoms with Gasteiger partial charge in [-0.15, -0.1) is 0 Å². The zero-order valence-corrected chi connectivity index (χ0v) is 18.6. The summed E-state index contributed by atoms with van der Waals surface area (Å²) in [6.45, 7) is 5.18. The van der Waals surface area contributed by atoms with E-state index in [4.69, 9.17) is 11.6 Å². The molecule has 0 saturated carbocycles. The Morgan fingerprint density at radius 1 is 0.900 bits per heavy atom. The maximum Gasteiger partial charge on any atom is 0.264 e. The second kappa shape index (κ2) is 8.90. The summed E-state index contributed by atoms with van der Waals surface area (Å²) in [6, 6.07) is 18.7. The van der Waals surface area contributed by atoms with Gasteiger partial charge in [-0.2, -0.15) is 0 Å². The van der Waals surface area contributed by atoms with Crippen LogP contribution in [0.4, 0.5) is 11.4 Å². The molecule has 0 spiro atoms. The van der Waals surface area contributed by atoms with Gasteiger partial charge in [-0.25, -0.2) is 8.42 Å². The van der Waals surface area contributed by atoms with E-state index in [1.165, 1.54) is 12.1 Å². The van der Waals surface area contributed by atoms with Gasteiger partial charge in [0.05, 0.1) is 10.6 Å². The molecular formula is C23H23ClN2O3S. The molecule has 156 valence electrons. The Balaban J connectivity index is 2.02. The van der Waals surface area contributed by atoms with Gasteiger partial charge in [-0.05, 0) is 61.7 Å². The van der Waals surface area contributed by atoms with Gasteiger partial charge in [0, 0.05) is 10.7 Å². The van der Waals surface area contributed by atoms with Gasteiger partial charge in [0.25, 0.3) is 10.0 Å². The van der Waals surface area contributed by atoms with Gasteiger partial charge in [0.1, 0.15) is 6.54 Å². The van der Waals surface area contributed by atoms with Gasteiger partial charge >= 0.3 is 0 Å². The monoisotopic (exact) mass is 442 g/mol. The first-order valence-electron chi connectivity index (χ1n) is 9.40. The van der Waals surface area contributed by atoms with Crippen LogP contribution in [0.2, 0.25) is 5.02 Å². The van der Waals surface area contributed by atoms with Crippen LogP contribution in [0.3, 0.4) is 0 Å². The van der Waals surface area contributed by atoms with Crippen molar-refractivity contribution in [1.29, 1.82) is 0 Å². The molecule has 7 heteroatoms. The van der Waals surface area contributed by atoms with Crippen molar-refractivity contribution >= 4 is 38.9 Å². The SMILES string of the molecule is Cc1ccc(Cl)cc1N(CC(=O)Nc1c(C)cccc1C)S(=O)(=O)c1ccccc1. The number of hydrogen-bond donors (Lipinski definition) is 1. The van der Waals surface area contributed by atoms with Crippen LogP contribution in [0, 0.1) is 20.8 Å². The number of carbonyl (C=O) groups is 1. The summed E-state index contributed by atoms with van der Waals surface area (Å²) < 4.78 is 27.9. The molecule has 3 aromatic carbocycles. The van der Waals surface area contributed by atoms with Crippen molar-refractivity contribution < 1.29 is 13.2 Å². The van der Waals surface area contributed by atoms with E-state index in [9.17, 15) is 13.2 Å². The molecule has 0 saturated heterocycles. The summed E-state index contributed by atoms with van der Waals surface area (Å²) in [5.74, 6) is -0.439. The minimum atomic E-state index is -3.99. The quantitative estimate of drug-likeness (QED) is 0.577. The highest BCUT2D eigenvalue weighted by Gasteiger charge is 2.28. The molecule has 0 aliphatic heterocycles. The van der Waals surface area contributed by atoms with E-state index in [2.05, 4.69) is 5.32 Å². The maximum atomic E-state index is 13.4. The number of halogens is 1. The van der Waals surface area contributed by atoms with E-state index in [-0.39, 0.29) is 11.4 Å². The molecule has 0 aromatic heterocycles. The number of sulfonamides is 1. The highest BCUT2D eigenvalue weighted by atomic mass is 35.5. The molecule has 3 aromatic rings. The fourth-order valence-corrected chi connectivity index (χ4v) is 4.86. The predicted octanol–water partition coefficient (Wildman–Crippen LogP) is 5.10. The summed E-state index contributed by atoms with van der Waals surface area (Å²) in [5.41, 5.74) is 3.55. The molecule has 0 heterocycles. The van der Waals surface area contributed by atoms with E-state index in [0.717, 1.165) is 15.4 Å². The number of amides is 1. The number of nitrogens with zero attached hydrogens (tertiary/aromatic N) is 1. The van der Waals surface area contributed by atoms with E-state index in [1.807, 2.05) is 32.0 Å². The first-order valence-corrected chi connectivity index (χ1v) is 11.2. The second-order valence-electron chi connectivity index (χ2n) is 7.07. The molecule has 3 rings (SSSR count). The summed E-state index contributed by atoms with van der Waals surface area (Å²) in [6.07, 6.45) is 0. The Morgan fingerprint density at radius 3 is 2.17 bits per heavy atom. The molecule has 1 amide bonds. The first kappa shape index (κ1) is 21.9. The third-order valence-electron chi connectivity index (χ3n) is 4.80. The Kier molecular flexibility index (Phi) is 6.48. The van der Waals surface area contributed by atoms with Crippen LogP contribution in [0.25, 0.3) is 0 Å². The van der Waals surface area contributed by atoms with Gasteiger partial charge < -0.3 is 5.32 Å². The number of nitrogens with one attached hydrogen (secondary N) is 1. The average Bonchev–Trinajstić information content (AvgIpc) is 2.71. The van der Waals surface area contributed by atoms with Crippen molar-refractivity contribution in [3.8, 4) is 0 Å². The molecule has 1 N–H and O–H groups in total. The Hall–Kier alpha value is -2.83. The van der Waals surface area contributed by atoms with E-state index < -0.39 is 15.9 Å². The van der Waals surface area contributed by atoms with Crippen LogP contribution in [-0.4, -0.2) is 20.9 Å². The fraction of sp³-hybridized carbons (Fsp3) is 0.174. The number of hydrogen-bond acceptors (Lipinski definition) is 3. The smallest absolute Gasteiger partial charge is 0.264 e. The van der Waals surface area contributed by atoms with Crippen LogP contribution in [0.5, 0.6) is 0 Å². The van der Waals surface area contributed by atoms with Crippen LogP contribution >= 0.6 is 11.6 Å². The highest BCUT2D eigenvalue weighted by molar-refractivity contribution is 7.92. The summed E-state index contributed by atoms with van der Waals surface area (Å²) in [4.78, 5) is 13.0. The standard InChI is InChI=1S/C23H23ClN2O3S/c1-16-12-13-19(24)14-21(16)26(30(28,29)20-10-5-4-6-11-20)15-22(27)25-23-17(2)8-7-9-18(23)3/h4-14H,15H2,1-3H3,(H,25,27). The summed E-state index contributed by atoms with van der Waals surface area (Å²) in [7, 11) is -3.99. The number of benzene rings is 3. The Morgan fingerprint density at radius 2 is 1.53 bits per heavy atom. The third-order valence-corrected chi connectivity index (χ3v) is 6.81. The van der Waals surface area contributed by atoms with Crippen LogP contribution < -0.4 is 9.62 Å². The van der Waals surface area contributed by atoms with Crippen molar-refractivity contribution in [2.24, 2.45) is 0 Å². The number of para-hydroxylation sites is 1. The molecule has 30 heavy (non-hydrogen) atoms. The molecule has 0 unspecified atom stereocenters. The maximum absolute atomic E-state index is 13.4. The van der Waals surface area contributed by atoms with Crippen LogP contribution in [0.15, 0.2) is 71.6 Å². The van der Waals surface area contributed by atoms with Crippen LogP contribution in [0.1, 0.15) is 16.7 Å². The number of rotatable bonds is 6. The lowest BCUT2D eigenvalue weighted by Gasteiger charge is -2.26. The largest absolute Gasteiger partial charge is 0.324 e. The third kappa shape index (κ3) is 4.66. The average molecular weight is 443 g/mol. The van der Waals surface area contributed by atoms with Crippen molar-refractivity contribution in [1.82, 2.24) is 0 Å². The lowest BCUT2D eigenvalue weighted by Crippen LogP contribution is -2.38. The molecule has 0 aliphatic rings. The normalized spacial score (nSPS) is 11.2. The van der Waals surface area contributed by atoms with E-state index in [0.29, 0.717) is 22.0 Å². The zero-order chi connectivity index (χ0) is 21.9. The van der Waals surface area contributed by atoms with E-state index >= 15 is 0 Å². The van der Waals surface area contributed by atoms with Crippen molar-refractivity contribution in [3.63, 3.8) is 0 Å². The fourth-order valence-electron chi connectivity index (χ4n) is 3.19. The molecule has 0 fully saturated rings. The molecule has 5 nitrogen and oxygen atoms in total. The molecule has 0 radical (unpaired) electrons. The molecule has 0 aliphatic carbocycles. The van der Waals surface area contributed by atoms with Crippen molar-refractivity contribution in [3.05, 3.63) is 88.4 Å². The lowest BCUT2D eigenvalue weighted by molar-refractivity contribution is -0.114. The Bertz CT molecular complexity index is 1160. The molecule has 0 bridgehead atoms. The van der Waals surface area contributed by atoms with Gasteiger partial charge in [0.15, 0.2) is 0 Å². The first-order chi connectivity index (χ1) is 14.2. The Labute approximate surface area is 182 Å². The molecule has 0 atom stereocenters. The zero-order valence-electron chi connectivity index (χ0n) is 17.0. The predicted molar refractivity (Wildman–Crippen MR) is 122 cm³/mol. The van der Waals surface area contributed by atoms with Crippen LogP contribution in [-0.2, 0) is 14.8 Å².